The van der Waals surface area contributed by atoms with Gasteiger partial charge in [-0.2, -0.15) is 0 Å². The standard InChI is InChI=1S/C17H23ClN3O8P/c18-17-16(21(22)23)15(13-3-1-2-4-14(13)20-17)19-5-6-27-7-8-28-9-10-29-11-12-30(24,25)26/h1-4H,5-12H2,(H3-,19,20,22,23,24,25,26). The Balaban J connectivity index is 1.68. The fraction of sp³-hybridized carbons (Fsp3) is 0.471. The Hall–Kier alpha value is -1.85. The fourth-order valence-corrected chi connectivity index (χ4v) is 3.11. The third-order valence-corrected chi connectivity index (χ3v) is 4.84. The van der Waals surface area contributed by atoms with Crippen molar-refractivity contribution in [3.05, 3.63) is 34.3 Å². The van der Waals surface area contributed by atoms with Crippen molar-refractivity contribution >= 4 is 41.5 Å². The van der Waals surface area contributed by atoms with Crippen LogP contribution in [0.4, 0.5) is 11.4 Å². The quantitative estimate of drug-likeness (QED) is 0.163. The Bertz CT molecular complexity index is 895. The number of halogens is 1. The number of para-hydroxylation sites is 1. The number of nitrogens with one attached hydrogen (secondary N) is 1. The zero-order valence-electron chi connectivity index (χ0n) is 16.0. The summed E-state index contributed by atoms with van der Waals surface area (Å²) in [5.41, 5.74) is 0.753. The molecular formula is C17H23ClN3O8P. The normalized spacial score (nSPS) is 13.3. The van der Waals surface area contributed by atoms with Crippen molar-refractivity contribution in [2.24, 2.45) is 0 Å². The van der Waals surface area contributed by atoms with Crippen LogP contribution in [0.25, 0.3) is 10.9 Å². The first kappa shape index (κ1) is 24.4. The lowest BCUT2D eigenvalue weighted by atomic mass is 10.1. The molecule has 11 nitrogen and oxygen atoms in total. The van der Waals surface area contributed by atoms with Gasteiger partial charge >= 0.3 is 5.69 Å². The summed E-state index contributed by atoms with van der Waals surface area (Å²) >= 11 is 6.02. The second kappa shape index (κ2) is 12.1. The van der Waals surface area contributed by atoms with Crippen LogP contribution in [0.1, 0.15) is 0 Å². The van der Waals surface area contributed by atoms with E-state index in [0.29, 0.717) is 43.0 Å². The zero-order valence-corrected chi connectivity index (χ0v) is 17.7. The molecule has 0 aliphatic heterocycles. The van der Waals surface area contributed by atoms with Gasteiger partial charge in [0.25, 0.3) is 4.92 Å². The molecule has 166 valence electrons. The minimum absolute atomic E-state index is 0.0902. The highest BCUT2D eigenvalue weighted by atomic mass is 35.5. The average molecular weight is 464 g/mol. The van der Waals surface area contributed by atoms with Crippen molar-refractivity contribution in [3.8, 4) is 0 Å². The Morgan fingerprint density at radius 3 is 2.33 bits per heavy atom. The fourth-order valence-electron chi connectivity index (χ4n) is 2.50. The van der Waals surface area contributed by atoms with E-state index in [0.717, 1.165) is 0 Å². The van der Waals surface area contributed by atoms with Gasteiger partial charge in [0.05, 0.1) is 50.1 Å². The van der Waals surface area contributed by atoms with Crippen LogP contribution >= 0.6 is 19.2 Å². The first-order valence-electron chi connectivity index (χ1n) is 9.04. The smallest absolute Gasteiger partial charge is 0.376 e. The Morgan fingerprint density at radius 2 is 1.70 bits per heavy atom. The predicted molar refractivity (Wildman–Crippen MR) is 107 cm³/mol. The van der Waals surface area contributed by atoms with Crippen molar-refractivity contribution in [1.82, 2.24) is 4.98 Å². The molecule has 0 fully saturated rings. The molecule has 3 N–H and O–H groups in total. The van der Waals surface area contributed by atoms with E-state index in [1.54, 1.807) is 24.3 Å². The van der Waals surface area contributed by atoms with E-state index in [9.17, 15) is 19.6 Å². The lowest BCUT2D eigenvalue weighted by Gasteiger charge is -2.14. The number of hydrogen-bond acceptors (Lipinski definition) is 8. The Kier molecular flexibility index (Phi) is 9.86. The van der Waals surface area contributed by atoms with E-state index in [-0.39, 0.29) is 35.6 Å². The number of nitrogens with zero attached hydrogens (tertiary/aromatic N) is 2. The molecule has 2 rings (SSSR count). The topological polar surface area (TPSA) is 153 Å². The highest BCUT2D eigenvalue weighted by molar-refractivity contribution is 7.50. The molecule has 13 heteroatoms. The molecule has 0 aliphatic carbocycles. The van der Waals surface area contributed by atoms with Gasteiger partial charge in [0.1, 0.15) is 13.3 Å². The van der Waals surface area contributed by atoms with Crippen LogP contribution in [-0.4, -0.2) is 72.4 Å². The second-order valence-corrected chi connectivity index (χ2v) is 8.12. The minimum atomic E-state index is -4.28. The van der Waals surface area contributed by atoms with Crippen molar-refractivity contribution in [3.63, 3.8) is 0 Å². The average Bonchev–Trinajstić information content (AvgIpc) is 2.67. The monoisotopic (exact) mass is 463 g/mol. The molecule has 0 spiro atoms. The second-order valence-electron chi connectivity index (χ2n) is 6.04. The predicted octanol–water partition coefficient (Wildman–Crippen LogP) is 1.70. The zero-order chi connectivity index (χ0) is 22.0. The molecule has 1 heterocycles. The van der Waals surface area contributed by atoms with E-state index in [1.807, 2.05) is 0 Å². The summed E-state index contributed by atoms with van der Waals surface area (Å²) in [6.07, 6.45) is -0.427. The number of benzene rings is 1. The maximum absolute atomic E-state index is 11.5. The summed E-state index contributed by atoms with van der Waals surface area (Å²) in [4.78, 5) is 34.4. The van der Waals surface area contributed by atoms with Gasteiger partial charge < -0.3 is 33.9 Å². The van der Waals surface area contributed by atoms with E-state index in [4.69, 9.17) is 30.7 Å². The first-order chi connectivity index (χ1) is 14.3. The third-order valence-electron chi connectivity index (χ3n) is 3.83. The van der Waals surface area contributed by atoms with E-state index < -0.39 is 13.8 Å². The maximum Gasteiger partial charge on any atom is 0.376 e. The molecule has 0 aliphatic rings. The summed E-state index contributed by atoms with van der Waals surface area (Å²) in [6, 6.07) is 7.05. The van der Waals surface area contributed by atoms with Gasteiger partial charge in [-0.15, -0.1) is 0 Å². The molecule has 0 saturated heterocycles. The number of anilines is 1. The number of pyridine rings is 1. The molecular weight excluding hydrogens is 441 g/mol. The molecule has 1 unspecified atom stereocenters. The van der Waals surface area contributed by atoms with Crippen LogP contribution in [0, 0.1) is 4.91 Å². The van der Waals surface area contributed by atoms with E-state index >= 15 is 0 Å². The van der Waals surface area contributed by atoms with Crippen LogP contribution in [-0.2, 0) is 18.8 Å². The van der Waals surface area contributed by atoms with Gasteiger partial charge in [-0.05, 0) is 6.07 Å². The largest absolute Gasteiger partial charge is 0.779 e. The van der Waals surface area contributed by atoms with Gasteiger partial charge in [-0.25, -0.2) is 10.2 Å². The number of rotatable bonds is 14. The lowest BCUT2D eigenvalue weighted by molar-refractivity contribution is -0.729. The number of aromatic nitrogens is 1. The minimum Gasteiger partial charge on any atom is -0.779 e. The Morgan fingerprint density at radius 1 is 1.10 bits per heavy atom. The summed E-state index contributed by atoms with van der Waals surface area (Å²) in [6.45, 7) is 1.63. The molecule has 0 radical (unpaired) electrons. The van der Waals surface area contributed by atoms with Gasteiger partial charge in [0.2, 0.25) is 5.15 Å². The molecule has 1 atom stereocenters. The van der Waals surface area contributed by atoms with Gasteiger partial charge in [-0.1, -0.05) is 29.8 Å². The highest BCUT2D eigenvalue weighted by Gasteiger charge is 2.27. The highest BCUT2D eigenvalue weighted by Crippen LogP contribution is 2.36. The molecule has 1 aromatic heterocycles. The van der Waals surface area contributed by atoms with Crippen LogP contribution in [0.5, 0.6) is 0 Å². The van der Waals surface area contributed by atoms with Crippen LogP contribution in [0.2, 0.25) is 5.15 Å². The SMILES string of the molecule is O=[N+](O)c1c(Cl)nc2ccccc2c1NCCOCCOCCOCCP(=O)([O-])O. The van der Waals surface area contributed by atoms with E-state index in [1.165, 1.54) is 0 Å². The van der Waals surface area contributed by atoms with Crippen molar-refractivity contribution in [2.45, 2.75) is 0 Å². The molecule has 1 aromatic carbocycles. The van der Waals surface area contributed by atoms with Crippen LogP contribution < -0.4 is 10.2 Å². The molecule has 2 aromatic rings. The summed E-state index contributed by atoms with van der Waals surface area (Å²) in [7, 11) is -4.28. The first-order valence-corrected chi connectivity index (χ1v) is 11.2. The number of hydrogen-bond donors (Lipinski definition) is 3. The molecule has 0 saturated carbocycles. The summed E-state index contributed by atoms with van der Waals surface area (Å²) in [5.74, 6) is 0. The molecule has 30 heavy (non-hydrogen) atoms. The van der Waals surface area contributed by atoms with Gasteiger partial charge in [-0.3, -0.25) is 0 Å². The summed E-state index contributed by atoms with van der Waals surface area (Å²) in [5, 5.41) is 12.9. The third kappa shape index (κ3) is 8.11. The van der Waals surface area contributed by atoms with Gasteiger partial charge in [0, 0.05) is 18.1 Å². The van der Waals surface area contributed by atoms with Crippen molar-refractivity contribution < 1.29 is 38.7 Å². The van der Waals surface area contributed by atoms with E-state index in [2.05, 4.69) is 10.3 Å². The van der Waals surface area contributed by atoms with Crippen LogP contribution in [0.3, 0.4) is 0 Å². The maximum atomic E-state index is 11.5. The summed E-state index contributed by atoms with van der Waals surface area (Å²) < 4.78 is 26.2. The van der Waals surface area contributed by atoms with Gasteiger partial charge in [0.15, 0.2) is 0 Å². The number of ether oxygens (including phenoxy) is 3. The van der Waals surface area contributed by atoms with Crippen LogP contribution in [0.15, 0.2) is 24.3 Å². The molecule has 0 amide bonds. The number of fused-ring (bicyclic) bond motifs is 1. The molecule has 0 bridgehead atoms. The lowest BCUT2D eigenvalue weighted by Crippen LogP contribution is -2.15. The van der Waals surface area contributed by atoms with Crippen molar-refractivity contribution in [2.75, 3.05) is 57.7 Å². The Labute approximate surface area is 177 Å². The van der Waals surface area contributed by atoms with Crippen molar-refractivity contribution in [1.29, 1.82) is 0 Å².